The van der Waals surface area contributed by atoms with Crippen molar-refractivity contribution in [1.82, 2.24) is 0 Å². The summed E-state index contributed by atoms with van der Waals surface area (Å²) in [6.45, 7) is 8.64. The van der Waals surface area contributed by atoms with Crippen LogP contribution in [0.3, 0.4) is 0 Å². The number of carboxylic acids is 1. The van der Waals surface area contributed by atoms with Crippen molar-refractivity contribution in [1.29, 1.82) is 0 Å². The summed E-state index contributed by atoms with van der Waals surface area (Å²) in [6.07, 6.45) is 2.57. The Morgan fingerprint density at radius 2 is 1.67 bits per heavy atom. The molecule has 74 valence electrons. The molecule has 0 fully saturated rings. The van der Waals surface area contributed by atoms with Gasteiger partial charge in [0.25, 0.3) is 0 Å². The van der Waals surface area contributed by atoms with E-state index >= 15 is 0 Å². The van der Waals surface area contributed by atoms with E-state index in [9.17, 15) is 0 Å². The fraction of sp³-hybridized carbons (Fsp3) is 0.0833. The van der Waals surface area contributed by atoms with Crippen LogP contribution < -0.4 is 34.7 Å². The Morgan fingerprint density at radius 3 is 1.93 bits per heavy atom. The predicted molar refractivity (Wildman–Crippen MR) is 56.5 cm³/mol. The third kappa shape index (κ3) is 9.47. The number of benzene rings is 1. The second-order valence-corrected chi connectivity index (χ2v) is 2.64. The maximum atomic E-state index is 9.14. The second-order valence-electron chi connectivity index (χ2n) is 2.64. The number of carbonyl (C=O) groups is 1. The van der Waals surface area contributed by atoms with Crippen molar-refractivity contribution in [3.63, 3.8) is 0 Å². The van der Waals surface area contributed by atoms with Gasteiger partial charge in [-0.3, -0.25) is 0 Å². The van der Waals surface area contributed by atoms with E-state index in [2.05, 4.69) is 44.3 Å². The molecule has 0 aliphatic rings. The molecule has 0 amide bonds. The number of carbonyl (C=O) groups excluding carboxylic acids is 1. The van der Waals surface area contributed by atoms with Gasteiger partial charge >= 0.3 is 29.6 Å². The monoisotopic (exact) mass is 212 g/mol. The summed E-state index contributed by atoms with van der Waals surface area (Å²) in [7, 11) is 0. The van der Waals surface area contributed by atoms with Gasteiger partial charge in [0.2, 0.25) is 0 Å². The van der Waals surface area contributed by atoms with Gasteiger partial charge in [0.1, 0.15) is 0 Å². The molecule has 0 aliphatic carbocycles. The Balaban J connectivity index is 0. The van der Waals surface area contributed by atoms with E-state index in [-0.39, 0.29) is 29.6 Å². The minimum atomic E-state index is -1.23. The molecule has 0 radical (unpaired) electrons. The molecule has 0 atom stereocenters. The minimum Gasteiger partial charge on any atom is -0.545 e. The molecule has 0 saturated heterocycles. The standard InChI is InChI=1S/C9H10.C3H4O2.Na/c1-3-9-6-4-8(2)5-7-9;1-2-3(4)5;/h3-7H,1H2,2H3;2H,1H2,(H,4,5);/q;;+1/p-1. The summed E-state index contributed by atoms with van der Waals surface area (Å²) in [5.41, 5.74) is 2.47. The Kier molecular flexibility index (Phi) is 10.7. The molecule has 0 bridgehead atoms. The van der Waals surface area contributed by atoms with Crippen molar-refractivity contribution in [2.24, 2.45) is 0 Å². The molecule has 1 aromatic carbocycles. The first kappa shape index (κ1) is 16.6. The van der Waals surface area contributed by atoms with E-state index in [1.165, 1.54) is 11.1 Å². The first-order valence-corrected chi connectivity index (χ1v) is 4.12. The van der Waals surface area contributed by atoms with E-state index in [0.717, 1.165) is 6.08 Å². The van der Waals surface area contributed by atoms with Crippen LogP contribution in [0.2, 0.25) is 0 Å². The molecule has 3 heteroatoms. The van der Waals surface area contributed by atoms with Gasteiger partial charge in [-0.25, -0.2) is 0 Å². The molecule has 0 N–H and O–H groups in total. The summed E-state index contributed by atoms with van der Waals surface area (Å²) in [5, 5.41) is 9.14. The summed E-state index contributed by atoms with van der Waals surface area (Å²) >= 11 is 0. The van der Waals surface area contributed by atoms with E-state index in [1.54, 1.807) is 0 Å². The first-order chi connectivity index (χ1) is 6.60. The number of aliphatic carboxylic acids is 1. The average molecular weight is 212 g/mol. The smallest absolute Gasteiger partial charge is 0.545 e. The van der Waals surface area contributed by atoms with Crippen LogP contribution in [0, 0.1) is 6.92 Å². The Morgan fingerprint density at radius 1 is 1.27 bits per heavy atom. The van der Waals surface area contributed by atoms with Gasteiger partial charge in [0.05, 0.1) is 5.97 Å². The van der Waals surface area contributed by atoms with E-state index in [4.69, 9.17) is 9.90 Å². The van der Waals surface area contributed by atoms with Crippen molar-refractivity contribution in [2.75, 3.05) is 0 Å². The van der Waals surface area contributed by atoms with Crippen molar-refractivity contribution in [3.05, 3.63) is 54.6 Å². The SMILES string of the molecule is C=CC(=O)[O-].C=Cc1ccc(C)cc1.[Na+]. The number of hydrogen-bond donors (Lipinski definition) is 0. The summed E-state index contributed by atoms with van der Waals surface area (Å²) in [5.74, 6) is -1.23. The predicted octanol–water partition coefficient (Wildman–Crippen LogP) is -1.44. The molecule has 2 nitrogen and oxygen atoms in total. The van der Waals surface area contributed by atoms with Crippen LogP contribution in [-0.4, -0.2) is 5.97 Å². The molecule has 0 aromatic heterocycles. The number of rotatable bonds is 2. The van der Waals surface area contributed by atoms with Crippen LogP contribution >= 0.6 is 0 Å². The van der Waals surface area contributed by atoms with Crippen LogP contribution in [0.15, 0.2) is 43.5 Å². The average Bonchev–Trinajstić information content (AvgIpc) is 2.20. The van der Waals surface area contributed by atoms with Crippen molar-refractivity contribution in [2.45, 2.75) is 6.92 Å². The molecule has 15 heavy (non-hydrogen) atoms. The largest absolute Gasteiger partial charge is 1.00 e. The molecule has 0 saturated carbocycles. The number of aryl methyl sites for hydroxylation is 1. The van der Waals surface area contributed by atoms with Gasteiger partial charge in [-0.2, -0.15) is 0 Å². The van der Waals surface area contributed by atoms with Gasteiger partial charge in [-0.05, 0) is 18.6 Å². The summed E-state index contributed by atoms with van der Waals surface area (Å²) in [6, 6.07) is 8.28. The van der Waals surface area contributed by atoms with Crippen molar-refractivity contribution < 1.29 is 39.5 Å². The fourth-order valence-electron chi connectivity index (χ4n) is 0.703. The minimum absolute atomic E-state index is 0. The third-order valence-corrected chi connectivity index (χ3v) is 1.48. The van der Waals surface area contributed by atoms with Crippen LogP contribution in [-0.2, 0) is 4.79 Å². The van der Waals surface area contributed by atoms with Gasteiger partial charge in [0.15, 0.2) is 0 Å². The fourth-order valence-corrected chi connectivity index (χ4v) is 0.703. The van der Waals surface area contributed by atoms with E-state index < -0.39 is 5.97 Å². The molecule has 1 aromatic rings. The van der Waals surface area contributed by atoms with Gasteiger partial charge in [-0.15, -0.1) is 0 Å². The van der Waals surface area contributed by atoms with E-state index in [1.807, 2.05) is 6.08 Å². The van der Waals surface area contributed by atoms with Crippen molar-refractivity contribution >= 4 is 12.0 Å². The van der Waals surface area contributed by atoms with Crippen LogP contribution in [0.4, 0.5) is 0 Å². The maximum Gasteiger partial charge on any atom is 1.00 e. The topological polar surface area (TPSA) is 40.1 Å². The zero-order valence-electron chi connectivity index (χ0n) is 9.19. The molecule has 0 aliphatic heterocycles. The van der Waals surface area contributed by atoms with Gasteiger partial charge < -0.3 is 9.90 Å². The molecule has 0 spiro atoms. The zero-order chi connectivity index (χ0) is 11.0. The number of hydrogen-bond acceptors (Lipinski definition) is 2. The van der Waals surface area contributed by atoms with Gasteiger partial charge in [-0.1, -0.05) is 49.1 Å². The molecule has 0 heterocycles. The quantitative estimate of drug-likeness (QED) is 0.445. The zero-order valence-corrected chi connectivity index (χ0v) is 11.2. The summed E-state index contributed by atoms with van der Waals surface area (Å²) < 4.78 is 0. The third-order valence-electron chi connectivity index (χ3n) is 1.48. The summed E-state index contributed by atoms with van der Waals surface area (Å²) in [4.78, 5) is 9.14. The van der Waals surface area contributed by atoms with Crippen molar-refractivity contribution in [3.8, 4) is 0 Å². The second kappa shape index (κ2) is 9.71. The molecular weight excluding hydrogens is 199 g/mol. The first-order valence-electron chi connectivity index (χ1n) is 4.12. The number of carboxylic acid groups (broad SMARTS) is 1. The molecule has 1 rings (SSSR count). The Bertz CT molecular complexity index is 315. The normalized spacial score (nSPS) is 7.53. The van der Waals surface area contributed by atoms with E-state index in [0.29, 0.717) is 0 Å². The van der Waals surface area contributed by atoms with Crippen LogP contribution in [0.1, 0.15) is 11.1 Å². The van der Waals surface area contributed by atoms with Crippen LogP contribution in [0.5, 0.6) is 0 Å². The Labute approximate surface area is 113 Å². The van der Waals surface area contributed by atoms with Gasteiger partial charge in [0, 0.05) is 0 Å². The molecule has 0 unspecified atom stereocenters. The Hall–Kier alpha value is -0.830. The maximum absolute atomic E-state index is 9.14. The van der Waals surface area contributed by atoms with Crippen LogP contribution in [0.25, 0.3) is 6.08 Å². The molecular formula is C12H13NaO2.